The van der Waals surface area contributed by atoms with E-state index in [-0.39, 0.29) is 0 Å². The monoisotopic (exact) mass is 612 g/mol. The van der Waals surface area contributed by atoms with E-state index in [0.29, 0.717) is 5.75 Å². The summed E-state index contributed by atoms with van der Waals surface area (Å²) in [4.78, 5) is 20.0. The quantitative estimate of drug-likeness (QED) is 0.0779. The first-order chi connectivity index (χ1) is 21.1. The van der Waals surface area contributed by atoms with Crippen LogP contribution in [-0.2, 0) is 19.3 Å². The first-order valence-electron chi connectivity index (χ1n) is 18.2. The van der Waals surface area contributed by atoms with Gasteiger partial charge in [-0.15, -0.1) is 0 Å². The molecule has 2 N–H and O–H groups in total. The van der Waals surface area contributed by atoms with Gasteiger partial charge in [-0.2, -0.15) is 0 Å². The zero-order valence-electron chi connectivity index (χ0n) is 28.2. The van der Waals surface area contributed by atoms with Crippen molar-refractivity contribution in [3.63, 3.8) is 0 Å². The maximum atomic E-state index is 10.0. The first kappa shape index (κ1) is 37.8. The molecule has 0 atom stereocenters. The molecule has 2 rings (SSSR count). The average molecular weight is 613 g/mol. The third-order valence-corrected chi connectivity index (χ3v) is 9.32. The van der Waals surface area contributed by atoms with Crippen molar-refractivity contribution in [1.29, 1.82) is 0 Å². The largest absolute Gasteiger partial charge is 0.426 e. The second-order valence-electron chi connectivity index (χ2n) is 12.7. The topological polar surface area (TPSA) is 49.7 Å². The first-order valence-corrected chi connectivity index (χ1v) is 19.4. The number of rotatable bonds is 27. The zero-order chi connectivity index (χ0) is 31.0. The second kappa shape index (κ2) is 24.9. The van der Waals surface area contributed by atoms with Crippen LogP contribution in [0.3, 0.4) is 0 Å². The van der Waals surface area contributed by atoms with E-state index in [1.807, 2.05) is 0 Å². The van der Waals surface area contributed by atoms with Gasteiger partial charge >= 0.3 is 8.60 Å². The fourth-order valence-electron chi connectivity index (χ4n) is 6.49. The highest BCUT2D eigenvalue weighted by Crippen LogP contribution is 2.43. The molecule has 0 spiro atoms. The van der Waals surface area contributed by atoms with Gasteiger partial charge in [-0.3, -0.25) is 0 Å². The highest BCUT2D eigenvalue weighted by Gasteiger charge is 2.22. The van der Waals surface area contributed by atoms with Gasteiger partial charge in [0.05, 0.1) is 0 Å². The van der Waals surface area contributed by atoms with Crippen molar-refractivity contribution in [1.82, 2.24) is 0 Å². The third-order valence-electron chi connectivity index (χ3n) is 8.96. The third kappa shape index (κ3) is 15.9. The minimum absolute atomic E-state index is 0.654. The minimum atomic E-state index is -2.49. The zero-order valence-corrected chi connectivity index (χ0v) is 29.1. The summed E-state index contributed by atoms with van der Waals surface area (Å²) >= 11 is 0. The van der Waals surface area contributed by atoms with E-state index in [4.69, 9.17) is 4.52 Å². The lowest BCUT2D eigenvalue weighted by Crippen LogP contribution is -2.07. The molecule has 0 fully saturated rings. The predicted molar refractivity (Wildman–Crippen MR) is 189 cm³/mol. The van der Waals surface area contributed by atoms with Crippen molar-refractivity contribution < 1.29 is 14.3 Å². The predicted octanol–water partition coefficient (Wildman–Crippen LogP) is 12.8. The van der Waals surface area contributed by atoms with Crippen molar-refractivity contribution in [3.05, 3.63) is 53.1 Å². The number of hydrogen-bond acceptors (Lipinski definition) is 3. The van der Waals surface area contributed by atoms with Gasteiger partial charge < -0.3 is 14.3 Å². The van der Waals surface area contributed by atoms with Crippen molar-refractivity contribution in [2.24, 2.45) is 0 Å². The summed E-state index contributed by atoms with van der Waals surface area (Å²) in [5.74, 6) is 0.654. The standard InChI is InChI=1S/C39H65O3P/c1-4-7-10-13-16-19-23-30-35-33-38(42-43(40)41)39(34-28-24-22-25-29-34)37(32-27-21-18-15-12-9-6-3)36(35)31-26-20-17-14-11-8-5-2/h22,24-25,28-29,33,40-41H,4-21,23,26-27,30-32H2,1-3H3. The second-order valence-corrected chi connectivity index (χ2v) is 13.4. The Morgan fingerprint density at radius 1 is 0.512 bits per heavy atom. The Labute approximate surface area is 267 Å². The molecule has 0 amide bonds. The summed E-state index contributed by atoms with van der Waals surface area (Å²) < 4.78 is 5.84. The van der Waals surface area contributed by atoms with E-state index in [2.05, 4.69) is 57.2 Å². The van der Waals surface area contributed by atoms with Crippen LogP contribution in [0.1, 0.15) is 172 Å². The Morgan fingerprint density at radius 2 is 0.930 bits per heavy atom. The van der Waals surface area contributed by atoms with Crippen LogP contribution in [0.4, 0.5) is 0 Å². The van der Waals surface area contributed by atoms with Crippen LogP contribution in [0.15, 0.2) is 36.4 Å². The molecule has 2 aromatic rings. The molecule has 0 aliphatic carbocycles. The molecule has 0 aromatic heterocycles. The Morgan fingerprint density at radius 3 is 1.40 bits per heavy atom. The summed E-state index contributed by atoms with van der Waals surface area (Å²) in [7, 11) is -2.49. The molecule has 0 saturated heterocycles. The van der Waals surface area contributed by atoms with Gasteiger partial charge in [0.15, 0.2) is 0 Å². The van der Waals surface area contributed by atoms with Crippen molar-refractivity contribution in [2.45, 2.75) is 175 Å². The van der Waals surface area contributed by atoms with E-state index in [1.54, 1.807) is 0 Å². The van der Waals surface area contributed by atoms with Crippen LogP contribution in [0, 0.1) is 0 Å². The Bertz CT molecular complexity index is 943. The molecule has 0 aliphatic heterocycles. The summed E-state index contributed by atoms with van der Waals surface area (Å²) in [5, 5.41) is 0. The van der Waals surface area contributed by atoms with E-state index in [9.17, 15) is 9.79 Å². The molecule has 2 aromatic carbocycles. The Balaban J connectivity index is 2.36. The van der Waals surface area contributed by atoms with Crippen LogP contribution >= 0.6 is 8.60 Å². The number of aryl methyl sites for hydroxylation is 1. The molecular formula is C39H65O3P. The van der Waals surface area contributed by atoms with E-state index in [0.717, 1.165) is 30.4 Å². The lowest BCUT2D eigenvalue weighted by atomic mass is 9.84. The molecule has 0 aliphatic rings. The lowest BCUT2D eigenvalue weighted by Gasteiger charge is -2.23. The van der Waals surface area contributed by atoms with Gasteiger partial charge in [0.1, 0.15) is 5.75 Å². The Kier molecular flexibility index (Phi) is 21.8. The number of benzene rings is 2. The SMILES string of the molecule is CCCCCCCCCc1cc(OP(O)O)c(-c2ccccc2)c(CCCCCCCCC)c1CCCCCCCCC. The summed E-state index contributed by atoms with van der Waals surface area (Å²) in [6, 6.07) is 12.7. The molecule has 4 heteroatoms. The Hall–Kier alpha value is -1.41. The molecule has 244 valence electrons. The summed E-state index contributed by atoms with van der Waals surface area (Å²) in [5.41, 5.74) is 6.51. The molecule has 0 heterocycles. The maximum absolute atomic E-state index is 10.0. The molecule has 0 radical (unpaired) electrons. The highest BCUT2D eigenvalue weighted by molar-refractivity contribution is 7.39. The van der Waals surface area contributed by atoms with Crippen molar-refractivity contribution in [3.8, 4) is 16.9 Å². The molecule has 3 nitrogen and oxygen atoms in total. The van der Waals surface area contributed by atoms with E-state index in [1.165, 1.54) is 152 Å². The molecule has 0 unspecified atom stereocenters. The van der Waals surface area contributed by atoms with E-state index < -0.39 is 8.60 Å². The number of hydrogen-bond donors (Lipinski definition) is 2. The van der Waals surface area contributed by atoms with Crippen LogP contribution in [0.2, 0.25) is 0 Å². The van der Waals surface area contributed by atoms with Gasteiger partial charge in [-0.1, -0.05) is 167 Å². The maximum Gasteiger partial charge on any atom is 0.391 e. The summed E-state index contributed by atoms with van der Waals surface area (Å²) in [6.07, 6.45) is 30.5. The fourth-order valence-corrected chi connectivity index (χ4v) is 6.81. The van der Waals surface area contributed by atoms with Gasteiger partial charge in [-0.05, 0) is 66.8 Å². The van der Waals surface area contributed by atoms with Gasteiger partial charge in [0.2, 0.25) is 0 Å². The fraction of sp³-hybridized carbons (Fsp3) is 0.692. The van der Waals surface area contributed by atoms with Gasteiger partial charge in [-0.25, -0.2) is 0 Å². The average Bonchev–Trinajstić information content (AvgIpc) is 3.00. The lowest BCUT2D eigenvalue weighted by molar-refractivity contribution is 0.375. The molecule has 0 bridgehead atoms. The van der Waals surface area contributed by atoms with E-state index >= 15 is 0 Å². The molecular weight excluding hydrogens is 547 g/mol. The minimum Gasteiger partial charge on any atom is -0.426 e. The number of unbranched alkanes of at least 4 members (excludes halogenated alkanes) is 18. The van der Waals surface area contributed by atoms with Gasteiger partial charge in [0.25, 0.3) is 0 Å². The van der Waals surface area contributed by atoms with Crippen LogP contribution < -0.4 is 4.52 Å². The highest BCUT2D eigenvalue weighted by atomic mass is 31.2. The molecule has 43 heavy (non-hydrogen) atoms. The van der Waals surface area contributed by atoms with Crippen LogP contribution in [0.25, 0.3) is 11.1 Å². The van der Waals surface area contributed by atoms with Crippen molar-refractivity contribution >= 4 is 8.60 Å². The van der Waals surface area contributed by atoms with Crippen molar-refractivity contribution in [2.75, 3.05) is 0 Å². The smallest absolute Gasteiger partial charge is 0.391 e. The van der Waals surface area contributed by atoms with Crippen LogP contribution in [0.5, 0.6) is 5.75 Å². The van der Waals surface area contributed by atoms with Gasteiger partial charge in [0, 0.05) is 5.56 Å². The normalized spacial score (nSPS) is 11.5. The summed E-state index contributed by atoms with van der Waals surface area (Å²) in [6.45, 7) is 6.84. The van der Waals surface area contributed by atoms with Crippen LogP contribution in [-0.4, -0.2) is 9.79 Å². The molecule has 0 saturated carbocycles.